The Balaban J connectivity index is 1.48. The van der Waals surface area contributed by atoms with Gasteiger partial charge in [-0.3, -0.25) is 9.59 Å². The van der Waals surface area contributed by atoms with Gasteiger partial charge in [0.2, 0.25) is 0 Å². The van der Waals surface area contributed by atoms with Gasteiger partial charge in [0.05, 0.1) is 11.1 Å². The van der Waals surface area contributed by atoms with Gasteiger partial charge in [-0.05, 0) is 29.8 Å². The van der Waals surface area contributed by atoms with Crippen molar-refractivity contribution >= 4 is 34.9 Å². The Labute approximate surface area is 174 Å². The monoisotopic (exact) mass is 411 g/mol. The van der Waals surface area contributed by atoms with Crippen molar-refractivity contribution in [3.63, 3.8) is 0 Å². The highest BCUT2D eigenvalue weighted by atomic mass is 35.5. The van der Waals surface area contributed by atoms with Crippen LogP contribution in [0.5, 0.6) is 0 Å². The predicted molar refractivity (Wildman–Crippen MR) is 112 cm³/mol. The summed E-state index contributed by atoms with van der Waals surface area (Å²) in [5, 5.41) is 3.34. The summed E-state index contributed by atoms with van der Waals surface area (Å²) in [5.74, 6) is 0.783. The zero-order valence-corrected chi connectivity index (χ0v) is 16.8. The molecule has 1 amide bonds. The lowest BCUT2D eigenvalue weighted by atomic mass is 9.92. The molecule has 150 valence electrons. The maximum absolute atomic E-state index is 12.4. The third-order valence-corrected chi connectivity index (χ3v) is 5.50. The number of hydrogen-bond acceptors (Lipinski definition) is 6. The van der Waals surface area contributed by atoms with E-state index in [1.807, 2.05) is 29.2 Å². The SMILES string of the molecule is CC1CN(C[C@@H]2CC2=O)C(N)=NC1c1cccc(NC(=O)c2ccc(Cl)cn2)c1. The van der Waals surface area contributed by atoms with Gasteiger partial charge in [0, 0.05) is 43.2 Å². The number of anilines is 1. The topological polar surface area (TPSA) is 101 Å². The van der Waals surface area contributed by atoms with Crippen LogP contribution in [0.2, 0.25) is 5.02 Å². The normalized spacial score (nSPS) is 23.5. The smallest absolute Gasteiger partial charge is 0.274 e. The highest BCUT2D eigenvalue weighted by Gasteiger charge is 2.38. The quantitative estimate of drug-likeness (QED) is 0.787. The Hall–Kier alpha value is -2.93. The molecule has 2 aromatic rings. The fraction of sp³-hybridized carbons (Fsp3) is 0.333. The number of carbonyl (C=O) groups is 2. The molecule has 8 heteroatoms. The molecule has 3 atom stereocenters. The van der Waals surface area contributed by atoms with E-state index in [9.17, 15) is 9.59 Å². The number of aromatic nitrogens is 1. The van der Waals surface area contributed by atoms with Crippen LogP contribution in [-0.2, 0) is 4.79 Å². The molecule has 1 aliphatic heterocycles. The minimum Gasteiger partial charge on any atom is -0.370 e. The zero-order valence-electron chi connectivity index (χ0n) is 16.0. The second-order valence-electron chi connectivity index (χ2n) is 7.62. The number of ketones is 1. The molecule has 0 bridgehead atoms. The van der Waals surface area contributed by atoms with E-state index >= 15 is 0 Å². The van der Waals surface area contributed by atoms with E-state index in [-0.39, 0.29) is 23.8 Å². The number of amides is 1. The second kappa shape index (κ2) is 7.83. The standard InChI is InChI=1S/C21H22ClN5O2/c1-12-10-27(11-14-8-18(14)28)21(23)26-19(12)13-3-2-4-16(7-13)25-20(29)17-6-5-15(22)9-24-17/h2-7,9,12,14,19H,8,10-11H2,1H3,(H2,23,26)(H,25,29)/t12?,14-,19?/m0/s1. The number of nitrogens with zero attached hydrogens (tertiary/aromatic N) is 3. The molecule has 0 spiro atoms. The van der Waals surface area contributed by atoms with E-state index in [1.54, 1.807) is 12.1 Å². The number of benzene rings is 1. The Kier molecular flexibility index (Phi) is 5.24. The first-order valence-electron chi connectivity index (χ1n) is 9.54. The zero-order chi connectivity index (χ0) is 20.5. The Bertz CT molecular complexity index is 975. The molecule has 0 radical (unpaired) electrons. The Morgan fingerprint density at radius 1 is 1.34 bits per heavy atom. The van der Waals surface area contributed by atoms with Crippen LogP contribution in [0.4, 0.5) is 5.69 Å². The number of halogens is 1. The maximum Gasteiger partial charge on any atom is 0.274 e. The Morgan fingerprint density at radius 3 is 2.83 bits per heavy atom. The van der Waals surface area contributed by atoms with Gasteiger partial charge in [0.15, 0.2) is 5.96 Å². The summed E-state index contributed by atoms with van der Waals surface area (Å²) in [4.78, 5) is 34.4. The number of carbonyl (C=O) groups excluding carboxylic acids is 2. The Morgan fingerprint density at radius 2 is 2.14 bits per heavy atom. The summed E-state index contributed by atoms with van der Waals surface area (Å²) < 4.78 is 0. The first-order valence-corrected chi connectivity index (χ1v) is 9.92. The number of aliphatic imine (C=N–C) groups is 1. The fourth-order valence-corrected chi connectivity index (χ4v) is 3.70. The molecule has 2 heterocycles. The molecule has 7 nitrogen and oxygen atoms in total. The van der Waals surface area contributed by atoms with Crippen molar-refractivity contribution in [1.29, 1.82) is 0 Å². The number of hydrogen-bond donors (Lipinski definition) is 2. The molecule has 1 saturated carbocycles. The van der Waals surface area contributed by atoms with Crippen molar-refractivity contribution in [3.8, 4) is 0 Å². The lowest BCUT2D eigenvalue weighted by Gasteiger charge is -2.35. The first-order chi connectivity index (χ1) is 13.9. The van der Waals surface area contributed by atoms with Crippen molar-refractivity contribution in [2.75, 3.05) is 18.4 Å². The minimum atomic E-state index is -0.307. The molecule has 1 aromatic heterocycles. The van der Waals surface area contributed by atoms with E-state index in [1.165, 1.54) is 6.20 Å². The van der Waals surface area contributed by atoms with Crippen molar-refractivity contribution < 1.29 is 9.59 Å². The van der Waals surface area contributed by atoms with Crippen LogP contribution in [0.1, 0.15) is 35.4 Å². The van der Waals surface area contributed by atoms with Gasteiger partial charge in [-0.2, -0.15) is 0 Å². The number of nitrogens with one attached hydrogen (secondary N) is 1. The molecule has 2 unspecified atom stereocenters. The molecular weight excluding hydrogens is 390 g/mol. The van der Waals surface area contributed by atoms with Gasteiger partial charge in [-0.1, -0.05) is 30.7 Å². The number of guanidine groups is 1. The largest absolute Gasteiger partial charge is 0.370 e. The summed E-state index contributed by atoms with van der Waals surface area (Å²) in [6.07, 6.45) is 2.08. The van der Waals surface area contributed by atoms with Gasteiger partial charge >= 0.3 is 0 Å². The van der Waals surface area contributed by atoms with Crippen LogP contribution in [0.25, 0.3) is 0 Å². The second-order valence-corrected chi connectivity index (χ2v) is 8.06. The summed E-state index contributed by atoms with van der Waals surface area (Å²) in [6.45, 7) is 3.51. The minimum absolute atomic E-state index is 0.104. The summed E-state index contributed by atoms with van der Waals surface area (Å²) >= 11 is 5.82. The molecule has 2 aliphatic rings. The summed E-state index contributed by atoms with van der Waals surface area (Å²) in [6, 6.07) is 10.7. The predicted octanol–water partition coefficient (Wildman–Crippen LogP) is 2.88. The van der Waals surface area contributed by atoms with E-state index in [4.69, 9.17) is 17.3 Å². The van der Waals surface area contributed by atoms with Gasteiger partial charge in [0.1, 0.15) is 11.5 Å². The van der Waals surface area contributed by atoms with Crippen molar-refractivity contribution in [1.82, 2.24) is 9.88 Å². The molecule has 1 aromatic carbocycles. The fourth-order valence-electron chi connectivity index (χ4n) is 3.59. The highest BCUT2D eigenvalue weighted by Crippen LogP contribution is 2.33. The van der Waals surface area contributed by atoms with E-state index in [0.717, 1.165) is 12.1 Å². The lowest BCUT2D eigenvalue weighted by molar-refractivity contribution is -0.111. The van der Waals surface area contributed by atoms with Gasteiger partial charge in [-0.25, -0.2) is 9.98 Å². The molecule has 0 saturated heterocycles. The molecule has 1 aliphatic carbocycles. The van der Waals surface area contributed by atoms with Crippen LogP contribution in [0.3, 0.4) is 0 Å². The molecule has 4 rings (SSSR count). The summed E-state index contributed by atoms with van der Waals surface area (Å²) in [5.41, 5.74) is 8.10. The molecule has 3 N–H and O–H groups in total. The van der Waals surface area contributed by atoms with Gasteiger partial charge in [0.25, 0.3) is 5.91 Å². The molecule has 29 heavy (non-hydrogen) atoms. The first kappa shape index (κ1) is 19.4. The number of pyridine rings is 1. The summed E-state index contributed by atoms with van der Waals surface area (Å²) in [7, 11) is 0. The maximum atomic E-state index is 12.4. The van der Waals surface area contributed by atoms with E-state index in [2.05, 4.69) is 22.2 Å². The molecule has 1 fully saturated rings. The number of nitrogens with two attached hydrogens (primary N) is 1. The third-order valence-electron chi connectivity index (χ3n) is 5.27. The van der Waals surface area contributed by atoms with Crippen molar-refractivity contribution in [2.45, 2.75) is 19.4 Å². The van der Waals surface area contributed by atoms with Crippen molar-refractivity contribution in [2.24, 2.45) is 22.6 Å². The molecular formula is C21H22ClN5O2. The average molecular weight is 412 g/mol. The van der Waals surface area contributed by atoms with E-state index in [0.29, 0.717) is 41.1 Å². The van der Waals surface area contributed by atoms with Gasteiger partial charge in [-0.15, -0.1) is 0 Å². The van der Waals surface area contributed by atoms with E-state index < -0.39 is 0 Å². The van der Waals surface area contributed by atoms with Crippen LogP contribution in [0, 0.1) is 11.8 Å². The number of Topliss-reactive ketones (excluding diaryl/α,β-unsaturated/α-hetero) is 1. The average Bonchev–Trinajstić information content (AvgIpc) is 3.39. The highest BCUT2D eigenvalue weighted by molar-refractivity contribution is 6.30. The lowest BCUT2D eigenvalue weighted by Crippen LogP contribution is -2.46. The van der Waals surface area contributed by atoms with Crippen LogP contribution < -0.4 is 11.1 Å². The van der Waals surface area contributed by atoms with Gasteiger partial charge < -0.3 is 16.0 Å². The number of rotatable bonds is 5. The van der Waals surface area contributed by atoms with Crippen LogP contribution >= 0.6 is 11.6 Å². The third kappa shape index (κ3) is 4.40. The van der Waals surface area contributed by atoms with Crippen molar-refractivity contribution in [3.05, 3.63) is 58.9 Å². The van der Waals surface area contributed by atoms with Crippen LogP contribution in [0.15, 0.2) is 47.6 Å². The van der Waals surface area contributed by atoms with Crippen LogP contribution in [-0.4, -0.2) is 40.6 Å².